The van der Waals surface area contributed by atoms with Gasteiger partial charge in [0.2, 0.25) is 11.8 Å². The number of benzene rings is 2. The van der Waals surface area contributed by atoms with Crippen molar-refractivity contribution in [3.63, 3.8) is 0 Å². The molecule has 0 unspecified atom stereocenters. The zero-order valence-electron chi connectivity index (χ0n) is 19.2. The van der Waals surface area contributed by atoms with Gasteiger partial charge in [0.1, 0.15) is 7.85 Å². The van der Waals surface area contributed by atoms with Crippen molar-refractivity contribution in [1.82, 2.24) is 14.9 Å². The molecule has 166 valence electrons. The van der Waals surface area contributed by atoms with E-state index in [4.69, 9.17) is 5.26 Å². The van der Waals surface area contributed by atoms with Crippen molar-refractivity contribution in [2.45, 2.75) is 13.8 Å². The summed E-state index contributed by atoms with van der Waals surface area (Å²) in [6, 6.07) is 12.9. The average Bonchev–Trinajstić information content (AvgIpc) is 2.74. The molecule has 0 atom stereocenters. The molecule has 33 heavy (non-hydrogen) atoms. The summed E-state index contributed by atoms with van der Waals surface area (Å²) < 4.78 is 0. The molecule has 1 aromatic heterocycles. The van der Waals surface area contributed by atoms with Crippen molar-refractivity contribution < 1.29 is 4.92 Å². The van der Waals surface area contributed by atoms with Crippen LogP contribution in [-0.2, 0) is 0 Å². The summed E-state index contributed by atoms with van der Waals surface area (Å²) in [7, 11) is 5.63. The maximum absolute atomic E-state index is 12.0. The molecule has 0 aliphatic carbocycles. The summed E-state index contributed by atoms with van der Waals surface area (Å²) in [5, 5.41) is 27.3. The molecular weight excluding hydrogens is 417 g/mol. The fraction of sp³-hybridized carbons (Fsp3) is 0.174. The molecule has 0 aliphatic rings. The van der Waals surface area contributed by atoms with E-state index in [9.17, 15) is 10.1 Å². The van der Waals surface area contributed by atoms with Gasteiger partial charge in [0.25, 0.3) is 0 Å². The van der Waals surface area contributed by atoms with Crippen LogP contribution in [0.4, 0.5) is 28.8 Å². The number of anilines is 4. The summed E-state index contributed by atoms with van der Waals surface area (Å²) in [4.78, 5) is 22.1. The van der Waals surface area contributed by atoms with Crippen molar-refractivity contribution in [1.29, 1.82) is 5.26 Å². The van der Waals surface area contributed by atoms with Gasteiger partial charge in [-0.2, -0.15) is 10.2 Å². The molecule has 0 aliphatic heterocycles. The smallest absolute Gasteiger partial charge is 0.337 e. The molecule has 0 fully saturated rings. The van der Waals surface area contributed by atoms with Gasteiger partial charge in [-0.3, -0.25) is 10.1 Å². The lowest BCUT2D eigenvalue weighted by molar-refractivity contribution is -0.384. The van der Waals surface area contributed by atoms with Gasteiger partial charge in [0.15, 0.2) is 5.69 Å². The average molecular weight is 441 g/mol. The standard InChI is InChI=1S/C23H24BN7O2/c1-14-11-17(24)12-15(2)20(14)28-22-21(31(32)33)19(9-10-30(3)4)27-23(29-22)26-18-7-5-16(13-25)6-8-18/h5-12H,24H2,1-4H3,(H2,26,27,28,29)/b10-9+. The summed E-state index contributed by atoms with van der Waals surface area (Å²) >= 11 is 0. The van der Waals surface area contributed by atoms with Crippen LogP contribution in [0.3, 0.4) is 0 Å². The van der Waals surface area contributed by atoms with Crippen LogP contribution in [0.5, 0.6) is 0 Å². The van der Waals surface area contributed by atoms with Gasteiger partial charge in [-0.25, -0.2) is 4.98 Å². The van der Waals surface area contributed by atoms with Gasteiger partial charge in [0.05, 0.1) is 16.6 Å². The number of aromatic nitrogens is 2. The largest absolute Gasteiger partial charge is 0.383 e. The summed E-state index contributed by atoms with van der Waals surface area (Å²) in [5.41, 5.74) is 4.87. The number of hydrogen-bond acceptors (Lipinski definition) is 8. The van der Waals surface area contributed by atoms with Crippen LogP contribution in [0, 0.1) is 35.3 Å². The Bertz CT molecular complexity index is 1240. The lowest BCUT2D eigenvalue weighted by Crippen LogP contribution is -2.11. The van der Waals surface area contributed by atoms with Gasteiger partial charge in [-0.05, 0) is 55.3 Å². The number of nitrogens with one attached hydrogen (secondary N) is 2. The predicted octanol–water partition coefficient (Wildman–Crippen LogP) is 3.15. The SMILES string of the molecule is Bc1cc(C)c(Nc2nc(Nc3ccc(C#N)cc3)nc(/C=C/N(C)C)c2[N+](=O)[O-])c(C)c1. The molecule has 0 saturated carbocycles. The second-order valence-electron chi connectivity index (χ2n) is 7.88. The first kappa shape index (κ1) is 23.3. The zero-order valence-corrected chi connectivity index (χ0v) is 19.2. The second kappa shape index (κ2) is 9.83. The maximum Gasteiger partial charge on any atom is 0.337 e. The van der Waals surface area contributed by atoms with Crippen molar-refractivity contribution in [2.75, 3.05) is 24.7 Å². The number of nitro groups is 1. The third kappa shape index (κ3) is 5.65. The number of nitriles is 1. The van der Waals surface area contributed by atoms with E-state index >= 15 is 0 Å². The number of aryl methyl sites for hydroxylation is 2. The van der Waals surface area contributed by atoms with Crippen molar-refractivity contribution in [3.05, 3.63) is 75.1 Å². The number of rotatable bonds is 7. The monoisotopic (exact) mass is 441 g/mol. The predicted molar refractivity (Wildman–Crippen MR) is 133 cm³/mol. The Morgan fingerprint density at radius 3 is 2.30 bits per heavy atom. The third-order valence-corrected chi connectivity index (χ3v) is 4.81. The zero-order chi connectivity index (χ0) is 24.1. The molecule has 1 heterocycles. The first-order chi connectivity index (χ1) is 15.7. The van der Waals surface area contributed by atoms with Crippen LogP contribution in [0.1, 0.15) is 22.4 Å². The normalized spacial score (nSPS) is 10.6. The summed E-state index contributed by atoms with van der Waals surface area (Å²) in [5.74, 6) is 0.272. The molecule has 0 radical (unpaired) electrons. The van der Waals surface area contributed by atoms with E-state index in [1.807, 2.05) is 47.9 Å². The molecule has 0 spiro atoms. The van der Waals surface area contributed by atoms with E-state index < -0.39 is 4.92 Å². The van der Waals surface area contributed by atoms with E-state index in [1.165, 1.54) is 0 Å². The summed E-state index contributed by atoms with van der Waals surface area (Å²) in [6.07, 6.45) is 3.26. The van der Waals surface area contributed by atoms with E-state index in [0.29, 0.717) is 11.3 Å². The van der Waals surface area contributed by atoms with E-state index in [2.05, 4.69) is 26.7 Å². The first-order valence-electron chi connectivity index (χ1n) is 10.2. The van der Waals surface area contributed by atoms with E-state index in [0.717, 1.165) is 22.3 Å². The Hall–Kier alpha value is -4.39. The lowest BCUT2D eigenvalue weighted by Gasteiger charge is -2.15. The minimum Gasteiger partial charge on any atom is -0.383 e. The highest BCUT2D eigenvalue weighted by Gasteiger charge is 2.25. The highest BCUT2D eigenvalue weighted by Crippen LogP contribution is 2.33. The van der Waals surface area contributed by atoms with Crippen LogP contribution in [0.25, 0.3) is 6.08 Å². The van der Waals surface area contributed by atoms with Crippen LogP contribution in [0.2, 0.25) is 0 Å². The third-order valence-electron chi connectivity index (χ3n) is 4.81. The fourth-order valence-electron chi connectivity index (χ4n) is 3.38. The highest BCUT2D eigenvalue weighted by atomic mass is 16.6. The number of hydrogen-bond donors (Lipinski definition) is 2. The molecule has 0 bridgehead atoms. The summed E-state index contributed by atoms with van der Waals surface area (Å²) in [6.45, 7) is 3.89. The Morgan fingerprint density at radius 1 is 1.12 bits per heavy atom. The van der Waals surface area contributed by atoms with Gasteiger partial charge in [0, 0.05) is 31.7 Å². The van der Waals surface area contributed by atoms with Gasteiger partial charge in [-0.15, -0.1) is 0 Å². The van der Waals surface area contributed by atoms with Gasteiger partial charge >= 0.3 is 5.69 Å². The lowest BCUT2D eigenvalue weighted by atomic mass is 9.91. The van der Waals surface area contributed by atoms with Crippen LogP contribution >= 0.6 is 0 Å². The Labute approximate surface area is 193 Å². The molecule has 0 saturated heterocycles. The minimum atomic E-state index is -0.484. The molecule has 3 rings (SSSR count). The minimum absolute atomic E-state index is 0.0830. The Kier molecular flexibility index (Phi) is 6.93. The molecular formula is C23H24BN7O2. The van der Waals surface area contributed by atoms with Crippen LogP contribution in [0.15, 0.2) is 42.6 Å². The van der Waals surface area contributed by atoms with E-state index in [1.54, 1.807) is 41.4 Å². The van der Waals surface area contributed by atoms with Gasteiger partial charge in [-0.1, -0.05) is 17.6 Å². The quantitative estimate of drug-likeness (QED) is 0.326. The molecule has 0 amide bonds. The van der Waals surface area contributed by atoms with Crippen molar-refractivity contribution in [2.24, 2.45) is 0 Å². The Balaban J connectivity index is 2.14. The Morgan fingerprint density at radius 2 is 1.76 bits per heavy atom. The van der Waals surface area contributed by atoms with Crippen LogP contribution in [-0.4, -0.2) is 41.7 Å². The molecule has 10 heteroatoms. The fourth-order valence-corrected chi connectivity index (χ4v) is 3.38. The second-order valence-corrected chi connectivity index (χ2v) is 7.88. The van der Waals surface area contributed by atoms with Crippen molar-refractivity contribution >= 4 is 48.2 Å². The van der Waals surface area contributed by atoms with Gasteiger partial charge < -0.3 is 15.5 Å². The molecule has 3 aromatic rings. The van der Waals surface area contributed by atoms with E-state index in [-0.39, 0.29) is 23.1 Å². The molecule has 2 N–H and O–H groups in total. The van der Waals surface area contributed by atoms with Crippen LogP contribution < -0.4 is 16.1 Å². The van der Waals surface area contributed by atoms with Crippen molar-refractivity contribution in [3.8, 4) is 6.07 Å². The maximum atomic E-state index is 12.0. The topological polar surface area (TPSA) is 120 Å². The first-order valence-corrected chi connectivity index (χ1v) is 10.2. The highest BCUT2D eigenvalue weighted by molar-refractivity contribution is 6.32. The molecule has 2 aromatic carbocycles. The number of nitrogens with zero attached hydrogens (tertiary/aromatic N) is 5. The molecule has 9 nitrogen and oxygen atoms in total.